The van der Waals surface area contributed by atoms with E-state index < -0.39 is 0 Å². The predicted molar refractivity (Wildman–Crippen MR) is 86.9 cm³/mol. The van der Waals surface area contributed by atoms with Gasteiger partial charge in [0, 0.05) is 13.0 Å². The zero-order valence-electron chi connectivity index (χ0n) is 13.8. The molecule has 130 valence electrons. The smallest absolute Gasteiger partial charge is 0.224 e. The molecule has 0 radical (unpaired) electrons. The summed E-state index contributed by atoms with van der Waals surface area (Å²) in [5.41, 5.74) is 1.31. The standard InChI is InChI=1S/C18H23FN2O3/c1-11-4-5-13(19)12(9-11)10-17(23)20-14-6-7-16(22)21-18(14)15-3-2-8-24-15/h4-5,9,14-15,18H,2-3,6-8,10H2,1H3,(H,20,23)(H,21,22)/t14-,15+,18-/m1/s1. The minimum Gasteiger partial charge on any atom is -0.376 e. The molecule has 0 unspecified atom stereocenters. The molecule has 0 aliphatic carbocycles. The fourth-order valence-electron chi connectivity index (χ4n) is 3.49. The quantitative estimate of drug-likeness (QED) is 0.879. The number of amides is 2. The van der Waals surface area contributed by atoms with Gasteiger partial charge < -0.3 is 15.4 Å². The Morgan fingerprint density at radius 2 is 2.25 bits per heavy atom. The van der Waals surface area contributed by atoms with Crippen LogP contribution in [-0.4, -0.2) is 36.6 Å². The van der Waals surface area contributed by atoms with E-state index in [1.807, 2.05) is 6.92 Å². The molecule has 2 saturated heterocycles. The Balaban J connectivity index is 1.65. The van der Waals surface area contributed by atoms with E-state index in [9.17, 15) is 14.0 Å². The molecule has 2 heterocycles. The van der Waals surface area contributed by atoms with Crippen LogP contribution in [0.15, 0.2) is 18.2 Å². The second-order valence-electron chi connectivity index (χ2n) is 6.63. The number of carbonyl (C=O) groups excluding carboxylic acids is 2. The largest absolute Gasteiger partial charge is 0.376 e. The van der Waals surface area contributed by atoms with Crippen molar-refractivity contribution in [2.45, 2.75) is 57.2 Å². The van der Waals surface area contributed by atoms with Gasteiger partial charge in [-0.25, -0.2) is 4.39 Å². The molecule has 24 heavy (non-hydrogen) atoms. The normalized spacial score (nSPS) is 26.9. The molecule has 0 saturated carbocycles. The zero-order valence-corrected chi connectivity index (χ0v) is 13.8. The Morgan fingerprint density at radius 1 is 1.42 bits per heavy atom. The minimum atomic E-state index is -0.372. The monoisotopic (exact) mass is 334 g/mol. The topological polar surface area (TPSA) is 67.4 Å². The molecule has 2 N–H and O–H groups in total. The van der Waals surface area contributed by atoms with Crippen molar-refractivity contribution in [1.29, 1.82) is 0 Å². The van der Waals surface area contributed by atoms with Crippen LogP contribution in [0, 0.1) is 12.7 Å². The number of benzene rings is 1. The highest BCUT2D eigenvalue weighted by molar-refractivity contribution is 5.81. The van der Waals surface area contributed by atoms with Gasteiger partial charge in [-0.1, -0.05) is 17.7 Å². The van der Waals surface area contributed by atoms with Gasteiger partial charge in [-0.3, -0.25) is 9.59 Å². The number of aryl methyl sites for hydroxylation is 1. The van der Waals surface area contributed by atoms with Gasteiger partial charge in [0.05, 0.1) is 24.6 Å². The van der Waals surface area contributed by atoms with Gasteiger partial charge in [-0.05, 0) is 37.8 Å². The zero-order chi connectivity index (χ0) is 17.1. The summed E-state index contributed by atoms with van der Waals surface area (Å²) in [5, 5.41) is 5.91. The SMILES string of the molecule is Cc1ccc(F)c(CC(=O)N[C@@H]2CCC(=O)N[C@H]2[C@@H]2CCCO2)c1. The van der Waals surface area contributed by atoms with Gasteiger partial charge in [0.1, 0.15) is 5.82 Å². The summed E-state index contributed by atoms with van der Waals surface area (Å²) in [6, 6.07) is 4.37. The van der Waals surface area contributed by atoms with Crippen molar-refractivity contribution < 1.29 is 18.7 Å². The highest BCUT2D eigenvalue weighted by Crippen LogP contribution is 2.22. The van der Waals surface area contributed by atoms with E-state index >= 15 is 0 Å². The fourth-order valence-corrected chi connectivity index (χ4v) is 3.49. The van der Waals surface area contributed by atoms with Crippen LogP contribution in [0.3, 0.4) is 0 Å². The summed E-state index contributed by atoms with van der Waals surface area (Å²) in [4.78, 5) is 24.1. The van der Waals surface area contributed by atoms with Crippen molar-refractivity contribution in [3.05, 3.63) is 35.1 Å². The van der Waals surface area contributed by atoms with Gasteiger partial charge in [-0.2, -0.15) is 0 Å². The first kappa shape index (κ1) is 16.9. The molecule has 1 aromatic carbocycles. The fraction of sp³-hybridized carbons (Fsp3) is 0.556. The van der Waals surface area contributed by atoms with Crippen LogP contribution in [-0.2, 0) is 20.7 Å². The van der Waals surface area contributed by atoms with E-state index in [2.05, 4.69) is 10.6 Å². The lowest BCUT2D eigenvalue weighted by molar-refractivity contribution is -0.128. The predicted octanol–water partition coefficient (Wildman–Crippen LogP) is 1.62. The molecule has 5 nitrogen and oxygen atoms in total. The van der Waals surface area contributed by atoms with Gasteiger partial charge in [0.15, 0.2) is 0 Å². The molecule has 0 bridgehead atoms. The van der Waals surface area contributed by atoms with Gasteiger partial charge in [0.25, 0.3) is 0 Å². The van der Waals surface area contributed by atoms with Crippen molar-refractivity contribution in [1.82, 2.24) is 10.6 Å². The molecule has 2 fully saturated rings. The highest BCUT2D eigenvalue weighted by atomic mass is 19.1. The Labute approximate surface area is 141 Å². The van der Waals surface area contributed by atoms with Crippen molar-refractivity contribution in [3.63, 3.8) is 0 Å². The number of piperidine rings is 1. The number of carbonyl (C=O) groups is 2. The second-order valence-corrected chi connectivity index (χ2v) is 6.63. The van der Waals surface area contributed by atoms with E-state index in [-0.39, 0.29) is 42.2 Å². The van der Waals surface area contributed by atoms with Crippen LogP contribution in [0.25, 0.3) is 0 Å². The molecule has 1 aromatic rings. The Hall–Kier alpha value is -1.95. The maximum Gasteiger partial charge on any atom is 0.224 e. The average Bonchev–Trinajstić information content (AvgIpc) is 3.07. The molecule has 2 aliphatic rings. The summed E-state index contributed by atoms with van der Waals surface area (Å²) < 4.78 is 19.5. The lowest BCUT2D eigenvalue weighted by Gasteiger charge is -2.36. The molecule has 2 amide bonds. The van der Waals surface area contributed by atoms with Crippen LogP contribution in [0.2, 0.25) is 0 Å². The van der Waals surface area contributed by atoms with Crippen LogP contribution < -0.4 is 10.6 Å². The average molecular weight is 334 g/mol. The minimum absolute atomic E-state index is 0.00377. The summed E-state index contributed by atoms with van der Waals surface area (Å²) in [6.45, 7) is 2.55. The first-order valence-electron chi connectivity index (χ1n) is 8.48. The molecule has 0 spiro atoms. The van der Waals surface area contributed by atoms with E-state index in [1.54, 1.807) is 12.1 Å². The van der Waals surface area contributed by atoms with Crippen molar-refractivity contribution in [2.24, 2.45) is 0 Å². The van der Waals surface area contributed by atoms with E-state index in [1.165, 1.54) is 6.07 Å². The first-order chi connectivity index (χ1) is 11.5. The second kappa shape index (κ2) is 7.30. The number of nitrogens with one attached hydrogen (secondary N) is 2. The summed E-state index contributed by atoms with van der Waals surface area (Å²) >= 11 is 0. The van der Waals surface area contributed by atoms with Crippen molar-refractivity contribution in [3.8, 4) is 0 Å². The third-order valence-electron chi connectivity index (χ3n) is 4.71. The van der Waals surface area contributed by atoms with Crippen LogP contribution >= 0.6 is 0 Å². The molecule has 2 aliphatic heterocycles. The van der Waals surface area contributed by atoms with Gasteiger partial charge in [0.2, 0.25) is 11.8 Å². The van der Waals surface area contributed by atoms with E-state index in [0.717, 1.165) is 18.4 Å². The van der Waals surface area contributed by atoms with Crippen LogP contribution in [0.5, 0.6) is 0 Å². The molecule has 0 aromatic heterocycles. The van der Waals surface area contributed by atoms with Crippen molar-refractivity contribution >= 4 is 11.8 Å². The number of halogens is 1. The maximum atomic E-state index is 13.8. The maximum absolute atomic E-state index is 13.8. The molecular weight excluding hydrogens is 311 g/mol. The lowest BCUT2D eigenvalue weighted by Crippen LogP contribution is -2.60. The van der Waals surface area contributed by atoms with Gasteiger partial charge in [-0.15, -0.1) is 0 Å². The number of hydrogen-bond donors (Lipinski definition) is 2. The Morgan fingerprint density at radius 3 is 3.00 bits per heavy atom. The highest BCUT2D eigenvalue weighted by Gasteiger charge is 2.37. The summed E-state index contributed by atoms with van der Waals surface area (Å²) in [5.74, 6) is -0.613. The Bertz CT molecular complexity index is 629. The first-order valence-corrected chi connectivity index (χ1v) is 8.48. The van der Waals surface area contributed by atoms with Crippen molar-refractivity contribution in [2.75, 3.05) is 6.61 Å². The number of hydrogen-bond acceptors (Lipinski definition) is 3. The summed E-state index contributed by atoms with van der Waals surface area (Å²) in [6.07, 6.45) is 2.74. The van der Waals surface area contributed by atoms with Crippen LogP contribution in [0.4, 0.5) is 4.39 Å². The van der Waals surface area contributed by atoms with Gasteiger partial charge >= 0.3 is 0 Å². The number of ether oxygens (including phenoxy) is 1. The van der Waals surface area contributed by atoms with E-state index in [0.29, 0.717) is 25.0 Å². The van der Waals surface area contributed by atoms with Crippen LogP contribution in [0.1, 0.15) is 36.8 Å². The third kappa shape index (κ3) is 3.93. The molecule has 3 rings (SSSR count). The number of rotatable bonds is 4. The third-order valence-corrected chi connectivity index (χ3v) is 4.71. The Kier molecular flexibility index (Phi) is 5.14. The molecule has 3 atom stereocenters. The molecule has 6 heteroatoms. The van der Waals surface area contributed by atoms with E-state index in [4.69, 9.17) is 4.74 Å². The lowest BCUT2D eigenvalue weighted by atomic mass is 9.92. The molecular formula is C18H23FN2O3. The summed E-state index contributed by atoms with van der Waals surface area (Å²) in [7, 11) is 0.